The van der Waals surface area contributed by atoms with Gasteiger partial charge in [-0.15, -0.1) is 10.2 Å². The first-order valence-electron chi connectivity index (χ1n) is 11.1. The highest BCUT2D eigenvalue weighted by atomic mass is 16.1. The summed E-state index contributed by atoms with van der Waals surface area (Å²) in [6.45, 7) is 0.904. The van der Waals surface area contributed by atoms with Gasteiger partial charge in [0.1, 0.15) is 5.82 Å². The lowest BCUT2D eigenvalue weighted by molar-refractivity contribution is 0.0949. The van der Waals surface area contributed by atoms with Crippen LogP contribution in [0.1, 0.15) is 22.0 Å². The molecule has 8 nitrogen and oxygen atoms in total. The van der Waals surface area contributed by atoms with Gasteiger partial charge in [-0.25, -0.2) is 0 Å². The fourth-order valence-corrected chi connectivity index (χ4v) is 4.30. The van der Waals surface area contributed by atoms with Gasteiger partial charge in [0.2, 0.25) is 0 Å². The van der Waals surface area contributed by atoms with Crippen LogP contribution in [0, 0.1) is 0 Å². The summed E-state index contributed by atoms with van der Waals surface area (Å²) in [4.78, 5) is 17.7. The number of hydrogen-bond donors (Lipinski definition) is 1. The molecule has 4 heterocycles. The molecule has 0 fully saturated rings. The third-order valence-corrected chi connectivity index (χ3v) is 5.95. The quantitative estimate of drug-likeness (QED) is 0.421. The Kier molecular flexibility index (Phi) is 4.95. The highest BCUT2D eigenvalue weighted by Gasteiger charge is 2.18. The monoisotopic (exact) mass is 447 g/mol. The maximum absolute atomic E-state index is 13.1. The molecular weight excluding hydrogens is 426 g/mol. The van der Waals surface area contributed by atoms with Gasteiger partial charge in [-0.1, -0.05) is 48.5 Å². The number of carbonyl (C=O) groups excluding carboxylic acids is 1. The normalized spacial score (nSPS) is 11.4. The Morgan fingerprint density at radius 3 is 2.65 bits per heavy atom. The average Bonchev–Trinajstić information content (AvgIpc) is 3.46. The first-order valence-corrected chi connectivity index (χ1v) is 11.1. The molecule has 0 aliphatic heterocycles. The number of amides is 1. The Bertz CT molecular complexity index is 1640. The number of para-hydroxylation sites is 1. The van der Waals surface area contributed by atoms with Crippen LogP contribution >= 0.6 is 0 Å². The van der Waals surface area contributed by atoms with Crippen molar-refractivity contribution in [1.82, 2.24) is 34.7 Å². The van der Waals surface area contributed by atoms with Crippen molar-refractivity contribution < 1.29 is 4.79 Å². The molecule has 0 radical (unpaired) electrons. The summed E-state index contributed by atoms with van der Waals surface area (Å²) < 4.78 is 3.78. The number of nitrogens with zero attached hydrogens (tertiary/aromatic N) is 6. The number of aromatic nitrogens is 6. The molecule has 6 rings (SSSR count). The Hall–Kier alpha value is -4.59. The second kappa shape index (κ2) is 8.40. The van der Waals surface area contributed by atoms with E-state index in [0.29, 0.717) is 25.2 Å². The van der Waals surface area contributed by atoms with Gasteiger partial charge in [0.05, 0.1) is 17.8 Å². The van der Waals surface area contributed by atoms with E-state index < -0.39 is 0 Å². The summed E-state index contributed by atoms with van der Waals surface area (Å²) in [6, 6.07) is 23.7. The summed E-state index contributed by atoms with van der Waals surface area (Å²) >= 11 is 0. The maximum atomic E-state index is 13.1. The van der Waals surface area contributed by atoms with Crippen molar-refractivity contribution in [2.24, 2.45) is 0 Å². The largest absolute Gasteiger partial charge is 0.350 e. The van der Waals surface area contributed by atoms with Crippen LogP contribution in [0.15, 0.2) is 85.2 Å². The lowest BCUT2D eigenvalue weighted by atomic mass is 10.1. The van der Waals surface area contributed by atoms with Crippen LogP contribution in [-0.4, -0.2) is 41.8 Å². The molecule has 34 heavy (non-hydrogen) atoms. The van der Waals surface area contributed by atoms with Gasteiger partial charge in [0, 0.05) is 36.1 Å². The minimum Gasteiger partial charge on any atom is -0.350 e. The van der Waals surface area contributed by atoms with E-state index >= 15 is 0 Å². The molecule has 0 atom stereocenters. The summed E-state index contributed by atoms with van der Waals surface area (Å²) in [7, 11) is 0. The highest BCUT2D eigenvalue weighted by Crippen LogP contribution is 2.22. The minimum absolute atomic E-state index is 0.213. The van der Waals surface area contributed by atoms with Crippen molar-refractivity contribution in [2.45, 2.75) is 13.0 Å². The molecule has 0 unspecified atom stereocenters. The number of hydrogen-bond acceptors (Lipinski definition) is 5. The number of carbonyl (C=O) groups is 1. The predicted octanol–water partition coefficient (Wildman–Crippen LogP) is 3.65. The molecule has 4 aromatic heterocycles. The van der Waals surface area contributed by atoms with E-state index in [2.05, 4.69) is 37.7 Å². The third-order valence-electron chi connectivity index (χ3n) is 5.95. The van der Waals surface area contributed by atoms with Crippen molar-refractivity contribution in [1.29, 1.82) is 0 Å². The fraction of sp³-hybridized carbons (Fsp3) is 0.115. The van der Waals surface area contributed by atoms with Crippen molar-refractivity contribution in [2.75, 3.05) is 6.54 Å². The van der Waals surface area contributed by atoms with Gasteiger partial charge < -0.3 is 5.32 Å². The van der Waals surface area contributed by atoms with Crippen LogP contribution in [0.4, 0.5) is 0 Å². The number of benzene rings is 2. The van der Waals surface area contributed by atoms with E-state index in [9.17, 15) is 4.79 Å². The molecule has 0 aliphatic carbocycles. The van der Waals surface area contributed by atoms with Crippen molar-refractivity contribution >= 4 is 33.2 Å². The zero-order valence-corrected chi connectivity index (χ0v) is 18.3. The summed E-state index contributed by atoms with van der Waals surface area (Å²) in [6.07, 6.45) is 4.30. The van der Waals surface area contributed by atoms with Crippen molar-refractivity contribution in [3.8, 4) is 0 Å². The van der Waals surface area contributed by atoms with Crippen LogP contribution in [0.5, 0.6) is 0 Å². The lowest BCUT2D eigenvalue weighted by Gasteiger charge is -2.07. The molecule has 0 saturated heterocycles. The summed E-state index contributed by atoms with van der Waals surface area (Å²) in [5, 5.41) is 19.1. The third kappa shape index (κ3) is 3.55. The maximum Gasteiger partial charge on any atom is 0.272 e. The van der Waals surface area contributed by atoms with Crippen LogP contribution in [0.25, 0.3) is 27.3 Å². The molecule has 0 aliphatic rings. The standard InChI is InChI=1S/C26H21N7O/c34-26(28-15-13-24-30-29-23-11-5-6-16-32(23)24)25-20-9-3-4-10-22(20)33(31-25)17-21-19-8-2-1-7-18(19)12-14-27-21/h1-12,14,16H,13,15,17H2,(H,28,34). The molecule has 1 N–H and O–H groups in total. The summed E-state index contributed by atoms with van der Waals surface area (Å²) in [5.74, 6) is 0.586. The van der Waals surface area contributed by atoms with E-state index in [1.807, 2.05) is 82.1 Å². The van der Waals surface area contributed by atoms with Crippen molar-refractivity contribution in [3.63, 3.8) is 0 Å². The van der Waals surface area contributed by atoms with E-state index in [1.165, 1.54) is 0 Å². The SMILES string of the molecule is O=C(NCCc1nnc2ccccn12)c1nn(Cc2nccc3ccccc23)c2ccccc12. The smallest absolute Gasteiger partial charge is 0.272 e. The zero-order chi connectivity index (χ0) is 22.9. The number of nitrogens with one attached hydrogen (secondary N) is 1. The molecule has 166 valence electrons. The average molecular weight is 448 g/mol. The van der Waals surface area contributed by atoms with Gasteiger partial charge in [-0.3, -0.25) is 18.9 Å². The van der Waals surface area contributed by atoms with Gasteiger partial charge >= 0.3 is 0 Å². The Morgan fingerprint density at radius 1 is 0.882 bits per heavy atom. The van der Waals surface area contributed by atoms with Gasteiger partial charge in [0.25, 0.3) is 5.91 Å². The van der Waals surface area contributed by atoms with E-state index in [1.54, 1.807) is 0 Å². The van der Waals surface area contributed by atoms with Crippen molar-refractivity contribution in [3.05, 3.63) is 102 Å². The van der Waals surface area contributed by atoms with Crippen LogP contribution in [0.2, 0.25) is 0 Å². The molecule has 0 bridgehead atoms. The van der Waals surface area contributed by atoms with E-state index in [-0.39, 0.29) is 5.91 Å². The lowest BCUT2D eigenvalue weighted by Crippen LogP contribution is -2.27. The molecule has 8 heteroatoms. The van der Waals surface area contributed by atoms with E-state index in [4.69, 9.17) is 0 Å². The topological polar surface area (TPSA) is 90.0 Å². The fourth-order valence-electron chi connectivity index (χ4n) is 4.30. The second-order valence-electron chi connectivity index (χ2n) is 8.05. The Balaban J connectivity index is 1.25. The molecule has 1 amide bonds. The molecule has 0 saturated carbocycles. The summed E-state index contributed by atoms with van der Waals surface area (Å²) in [5.41, 5.74) is 3.00. The first-order chi connectivity index (χ1) is 16.8. The van der Waals surface area contributed by atoms with Crippen LogP contribution in [0.3, 0.4) is 0 Å². The first kappa shape index (κ1) is 20.0. The number of rotatable bonds is 6. The van der Waals surface area contributed by atoms with Crippen LogP contribution in [-0.2, 0) is 13.0 Å². The Labute approximate surface area is 194 Å². The number of pyridine rings is 2. The molecule has 6 aromatic rings. The van der Waals surface area contributed by atoms with Gasteiger partial charge in [-0.05, 0) is 29.7 Å². The zero-order valence-electron chi connectivity index (χ0n) is 18.3. The highest BCUT2D eigenvalue weighted by molar-refractivity contribution is 6.04. The molecular formula is C26H21N7O. The van der Waals surface area contributed by atoms with Gasteiger partial charge in [-0.2, -0.15) is 5.10 Å². The predicted molar refractivity (Wildman–Crippen MR) is 130 cm³/mol. The minimum atomic E-state index is -0.213. The Morgan fingerprint density at radius 2 is 1.71 bits per heavy atom. The molecule has 2 aromatic carbocycles. The number of fused-ring (bicyclic) bond motifs is 3. The second-order valence-corrected chi connectivity index (χ2v) is 8.05. The van der Waals surface area contributed by atoms with E-state index in [0.717, 1.165) is 38.8 Å². The van der Waals surface area contributed by atoms with Gasteiger partial charge in [0.15, 0.2) is 11.3 Å². The van der Waals surface area contributed by atoms with Crippen LogP contribution < -0.4 is 5.32 Å². The molecule has 0 spiro atoms.